The number of para-hydroxylation sites is 1. The fourth-order valence-electron chi connectivity index (χ4n) is 3.49. The maximum absolute atomic E-state index is 12.7. The molecule has 6 nitrogen and oxygen atoms in total. The van der Waals surface area contributed by atoms with Gasteiger partial charge in [0.15, 0.2) is 6.61 Å². The third-order valence-electron chi connectivity index (χ3n) is 4.73. The molecule has 0 unspecified atom stereocenters. The number of fused-ring (bicyclic) bond motifs is 2. The second kappa shape index (κ2) is 7.15. The Morgan fingerprint density at radius 3 is 2.61 bits per heavy atom. The van der Waals surface area contributed by atoms with Crippen LogP contribution in [0.2, 0.25) is 0 Å². The van der Waals surface area contributed by atoms with Crippen molar-refractivity contribution in [1.82, 2.24) is 4.98 Å². The van der Waals surface area contributed by atoms with E-state index in [2.05, 4.69) is 0 Å². The molecule has 4 rings (SSSR count). The van der Waals surface area contributed by atoms with Crippen LogP contribution in [0.1, 0.15) is 33.6 Å². The molecule has 3 N–H and O–H groups in total. The van der Waals surface area contributed by atoms with Gasteiger partial charge in [-0.25, -0.2) is 9.78 Å². The molecule has 0 radical (unpaired) electrons. The third kappa shape index (κ3) is 3.32. The number of rotatable bonds is 4. The second-order valence-corrected chi connectivity index (χ2v) is 6.63. The van der Waals surface area contributed by atoms with E-state index in [1.807, 2.05) is 42.5 Å². The number of hydrogen-bond donors (Lipinski definition) is 2. The first-order valence-corrected chi connectivity index (χ1v) is 8.90. The van der Waals surface area contributed by atoms with Gasteiger partial charge in [0.05, 0.1) is 16.8 Å². The number of allylic oxidation sites excluding steroid dienone is 1. The molecule has 3 aromatic rings. The molecule has 1 heterocycles. The summed E-state index contributed by atoms with van der Waals surface area (Å²) >= 11 is 0. The van der Waals surface area contributed by atoms with E-state index >= 15 is 0 Å². The van der Waals surface area contributed by atoms with Gasteiger partial charge < -0.3 is 15.6 Å². The largest absolute Gasteiger partial charge is 0.508 e. The minimum absolute atomic E-state index is 0.206. The fourth-order valence-corrected chi connectivity index (χ4v) is 3.49. The lowest BCUT2D eigenvalue weighted by atomic mass is 10.0. The fraction of sp³-hybridized carbons (Fsp3) is 0.136. The molecule has 0 saturated heterocycles. The number of ether oxygens (including phenoxy) is 1. The molecular formula is C22H18N2O4. The molecule has 1 aromatic heterocycles. The number of carbonyl (C=O) groups excluding carboxylic acids is 2. The summed E-state index contributed by atoms with van der Waals surface area (Å²) in [6.45, 7) is -0.458. The lowest BCUT2D eigenvalue weighted by molar-refractivity contribution is -0.121. The van der Waals surface area contributed by atoms with Crippen molar-refractivity contribution in [2.45, 2.75) is 12.8 Å². The molecule has 6 heteroatoms. The van der Waals surface area contributed by atoms with E-state index in [-0.39, 0.29) is 5.75 Å². The molecule has 1 aliphatic rings. The molecule has 0 spiro atoms. The molecule has 0 bridgehead atoms. The molecule has 0 fully saturated rings. The van der Waals surface area contributed by atoms with Gasteiger partial charge in [-0.3, -0.25) is 4.79 Å². The number of pyridine rings is 1. The monoisotopic (exact) mass is 374 g/mol. The van der Waals surface area contributed by atoms with Crippen LogP contribution in [0.3, 0.4) is 0 Å². The van der Waals surface area contributed by atoms with Crippen molar-refractivity contribution in [2.24, 2.45) is 5.73 Å². The topological polar surface area (TPSA) is 103 Å². The van der Waals surface area contributed by atoms with Crippen molar-refractivity contribution >= 4 is 34.4 Å². The highest BCUT2D eigenvalue weighted by atomic mass is 16.5. The number of aromatic nitrogens is 1. The molecule has 0 saturated carbocycles. The normalized spacial score (nSPS) is 14.2. The van der Waals surface area contributed by atoms with Crippen LogP contribution in [-0.4, -0.2) is 28.6 Å². The number of primary amides is 1. The van der Waals surface area contributed by atoms with Gasteiger partial charge in [0, 0.05) is 5.39 Å². The van der Waals surface area contributed by atoms with Gasteiger partial charge in [-0.05, 0) is 53.8 Å². The predicted molar refractivity (Wildman–Crippen MR) is 106 cm³/mol. The average Bonchev–Trinajstić information content (AvgIpc) is 3.08. The van der Waals surface area contributed by atoms with Gasteiger partial charge in [-0.2, -0.15) is 0 Å². The zero-order valence-electron chi connectivity index (χ0n) is 15.0. The van der Waals surface area contributed by atoms with E-state index in [4.69, 9.17) is 15.5 Å². The standard InChI is InChI=1S/C22H18N2O4/c23-19(26)12-28-22(27)20-16-3-1-2-4-18(16)24-21-14(7-10-17(20)21)11-13-5-8-15(25)9-6-13/h1-6,8-9,11,25H,7,10,12H2,(H2,23,26)/b14-11+. The van der Waals surface area contributed by atoms with E-state index in [1.165, 1.54) is 0 Å². The summed E-state index contributed by atoms with van der Waals surface area (Å²) in [6, 6.07) is 14.3. The van der Waals surface area contributed by atoms with Gasteiger partial charge in [0.2, 0.25) is 0 Å². The summed E-state index contributed by atoms with van der Waals surface area (Å²) in [5.41, 5.74) is 9.76. The summed E-state index contributed by atoms with van der Waals surface area (Å²) < 4.78 is 5.10. The smallest absolute Gasteiger partial charge is 0.339 e. The van der Waals surface area contributed by atoms with Crippen molar-refractivity contribution < 1.29 is 19.4 Å². The van der Waals surface area contributed by atoms with Crippen molar-refractivity contribution in [2.75, 3.05) is 6.61 Å². The number of phenolic OH excluding ortho intramolecular Hbond substituents is 1. The first kappa shape index (κ1) is 17.7. The van der Waals surface area contributed by atoms with Gasteiger partial charge in [0.25, 0.3) is 5.91 Å². The van der Waals surface area contributed by atoms with Crippen LogP contribution >= 0.6 is 0 Å². The predicted octanol–water partition coefficient (Wildman–Crippen LogP) is 3.07. The van der Waals surface area contributed by atoms with Crippen molar-refractivity contribution in [3.63, 3.8) is 0 Å². The number of phenols is 1. The number of benzene rings is 2. The minimum Gasteiger partial charge on any atom is -0.508 e. The van der Waals surface area contributed by atoms with E-state index in [9.17, 15) is 14.7 Å². The maximum Gasteiger partial charge on any atom is 0.339 e. The Hall–Kier alpha value is -3.67. The second-order valence-electron chi connectivity index (χ2n) is 6.63. The highest BCUT2D eigenvalue weighted by Gasteiger charge is 2.27. The number of aromatic hydroxyl groups is 1. The number of amides is 1. The Kier molecular flexibility index (Phi) is 4.53. The molecule has 2 aromatic carbocycles. The van der Waals surface area contributed by atoms with Gasteiger partial charge in [-0.15, -0.1) is 0 Å². The average molecular weight is 374 g/mol. The van der Waals surface area contributed by atoms with Crippen LogP contribution < -0.4 is 5.73 Å². The number of nitrogens with two attached hydrogens (primary N) is 1. The number of esters is 1. The van der Waals surface area contributed by atoms with Crippen molar-refractivity contribution in [1.29, 1.82) is 0 Å². The van der Waals surface area contributed by atoms with Crippen LogP contribution in [0.25, 0.3) is 22.6 Å². The number of hydrogen-bond acceptors (Lipinski definition) is 5. The summed E-state index contributed by atoms with van der Waals surface area (Å²) in [7, 11) is 0. The van der Waals surface area contributed by atoms with Crippen molar-refractivity contribution in [3.05, 3.63) is 70.9 Å². The van der Waals surface area contributed by atoms with Gasteiger partial charge in [0.1, 0.15) is 5.75 Å². The Morgan fingerprint density at radius 1 is 1.11 bits per heavy atom. The summed E-state index contributed by atoms with van der Waals surface area (Å²) in [6.07, 6.45) is 3.39. The molecule has 28 heavy (non-hydrogen) atoms. The lowest BCUT2D eigenvalue weighted by Crippen LogP contribution is -2.21. The summed E-state index contributed by atoms with van der Waals surface area (Å²) in [4.78, 5) is 28.5. The minimum atomic E-state index is -0.698. The Balaban J connectivity index is 1.83. The Labute approximate surface area is 161 Å². The zero-order valence-corrected chi connectivity index (χ0v) is 15.0. The Bertz CT molecular complexity index is 1120. The molecule has 1 aliphatic carbocycles. The first-order chi connectivity index (χ1) is 13.5. The van der Waals surface area contributed by atoms with Crippen LogP contribution in [0, 0.1) is 0 Å². The SMILES string of the molecule is NC(=O)COC(=O)c1c2c(nc3ccccc13)/C(=C/c1ccc(O)cc1)CC2. The third-order valence-corrected chi connectivity index (χ3v) is 4.73. The van der Waals surface area contributed by atoms with Crippen LogP contribution in [0.4, 0.5) is 0 Å². The van der Waals surface area contributed by atoms with Gasteiger partial charge >= 0.3 is 5.97 Å². The molecule has 1 amide bonds. The van der Waals surface area contributed by atoms with E-state index < -0.39 is 18.5 Å². The number of nitrogens with zero attached hydrogens (tertiary/aromatic N) is 1. The van der Waals surface area contributed by atoms with E-state index in [0.717, 1.165) is 28.8 Å². The highest BCUT2D eigenvalue weighted by Crippen LogP contribution is 2.37. The molecule has 0 atom stereocenters. The summed E-state index contributed by atoms with van der Waals surface area (Å²) in [5, 5.41) is 10.2. The number of carbonyl (C=O) groups is 2. The first-order valence-electron chi connectivity index (χ1n) is 8.90. The molecule has 140 valence electrons. The lowest BCUT2D eigenvalue weighted by Gasteiger charge is -2.11. The van der Waals surface area contributed by atoms with E-state index in [0.29, 0.717) is 22.9 Å². The van der Waals surface area contributed by atoms with E-state index in [1.54, 1.807) is 12.1 Å². The van der Waals surface area contributed by atoms with Gasteiger partial charge in [-0.1, -0.05) is 30.3 Å². The highest BCUT2D eigenvalue weighted by molar-refractivity contribution is 6.07. The zero-order chi connectivity index (χ0) is 19.7. The van der Waals surface area contributed by atoms with Crippen LogP contribution in [0.15, 0.2) is 48.5 Å². The van der Waals surface area contributed by atoms with Crippen molar-refractivity contribution in [3.8, 4) is 5.75 Å². The van der Waals surface area contributed by atoms with Crippen LogP contribution in [0.5, 0.6) is 5.75 Å². The molecule has 0 aliphatic heterocycles. The van der Waals surface area contributed by atoms with Crippen LogP contribution in [-0.2, 0) is 16.0 Å². The maximum atomic E-state index is 12.7. The molecular weight excluding hydrogens is 356 g/mol. The Morgan fingerprint density at radius 2 is 1.86 bits per heavy atom. The summed E-state index contributed by atoms with van der Waals surface area (Å²) in [5.74, 6) is -1.06. The quantitative estimate of drug-likeness (QED) is 0.683.